The van der Waals surface area contributed by atoms with Gasteiger partial charge in [-0.1, -0.05) is 6.07 Å². The van der Waals surface area contributed by atoms with Crippen LogP contribution in [0, 0.1) is 0 Å². The summed E-state index contributed by atoms with van der Waals surface area (Å²) in [7, 11) is 3.06. The van der Waals surface area contributed by atoms with E-state index in [2.05, 4.69) is 0 Å². The average Bonchev–Trinajstić information content (AvgIpc) is 2.58. The van der Waals surface area contributed by atoms with Crippen molar-refractivity contribution in [2.24, 2.45) is 0 Å². The van der Waals surface area contributed by atoms with E-state index >= 15 is 0 Å². The molecular weight excluding hydrogens is 314 g/mol. The highest BCUT2D eigenvalue weighted by Gasteiger charge is 2.20. The van der Waals surface area contributed by atoms with Gasteiger partial charge in [0.25, 0.3) is 0 Å². The summed E-state index contributed by atoms with van der Waals surface area (Å²) in [6, 6.07) is 5.35. The third-order valence-corrected chi connectivity index (χ3v) is 3.24. The van der Waals surface area contributed by atoms with Gasteiger partial charge in [-0.25, -0.2) is 0 Å². The Bertz CT molecular complexity index is 546. The first kappa shape index (κ1) is 19.6. The van der Waals surface area contributed by atoms with E-state index in [9.17, 15) is 9.59 Å². The summed E-state index contributed by atoms with van der Waals surface area (Å²) < 4.78 is 20.6. The maximum Gasteiger partial charge on any atom is 0.325 e. The quantitative estimate of drug-likeness (QED) is 0.604. The van der Waals surface area contributed by atoms with Crippen molar-refractivity contribution in [1.82, 2.24) is 0 Å². The first-order valence-electron chi connectivity index (χ1n) is 7.84. The Balaban J connectivity index is 3.03. The second-order valence-corrected chi connectivity index (χ2v) is 4.79. The molecule has 1 aromatic carbocycles. The van der Waals surface area contributed by atoms with E-state index in [-0.39, 0.29) is 24.9 Å². The summed E-state index contributed by atoms with van der Waals surface area (Å²) in [5.41, 5.74) is 0.647. The van der Waals surface area contributed by atoms with Crippen LogP contribution in [0.2, 0.25) is 0 Å². The van der Waals surface area contributed by atoms with Gasteiger partial charge in [-0.3, -0.25) is 9.59 Å². The number of hydrogen-bond acceptors (Lipinski definition) is 7. The van der Waals surface area contributed by atoms with Gasteiger partial charge in [0.15, 0.2) is 11.5 Å². The van der Waals surface area contributed by atoms with Crippen LogP contribution in [0.15, 0.2) is 18.2 Å². The number of nitrogens with zero attached hydrogens (tertiary/aromatic N) is 1. The third kappa shape index (κ3) is 5.64. The van der Waals surface area contributed by atoms with E-state index in [0.29, 0.717) is 36.9 Å². The predicted molar refractivity (Wildman–Crippen MR) is 89.6 cm³/mol. The molecular formula is C17H25NO6. The van der Waals surface area contributed by atoms with Gasteiger partial charge < -0.3 is 23.8 Å². The molecule has 24 heavy (non-hydrogen) atoms. The minimum Gasteiger partial charge on any atom is -0.493 e. The zero-order valence-electron chi connectivity index (χ0n) is 14.7. The number of hydrogen-bond donors (Lipinski definition) is 0. The lowest BCUT2D eigenvalue weighted by Crippen LogP contribution is -2.33. The first-order valence-corrected chi connectivity index (χ1v) is 7.84. The van der Waals surface area contributed by atoms with Crippen molar-refractivity contribution in [3.8, 4) is 11.5 Å². The van der Waals surface area contributed by atoms with E-state index in [0.717, 1.165) is 0 Å². The zero-order chi connectivity index (χ0) is 17.9. The average molecular weight is 339 g/mol. The van der Waals surface area contributed by atoms with Gasteiger partial charge in [0.05, 0.1) is 39.5 Å². The maximum atomic E-state index is 11.9. The van der Waals surface area contributed by atoms with E-state index in [4.69, 9.17) is 18.9 Å². The molecule has 0 N–H and O–H groups in total. The molecule has 1 aromatic rings. The smallest absolute Gasteiger partial charge is 0.325 e. The van der Waals surface area contributed by atoms with Gasteiger partial charge in [-0.05, 0) is 26.0 Å². The highest BCUT2D eigenvalue weighted by Crippen LogP contribution is 2.37. The van der Waals surface area contributed by atoms with Gasteiger partial charge in [0, 0.05) is 6.54 Å². The van der Waals surface area contributed by atoms with Crippen LogP contribution >= 0.6 is 0 Å². The van der Waals surface area contributed by atoms with E-state index in [1.165, 1.54) is 14.2 Å². The Hall–Kier alpha value is -2.44. The number of para-hydroxylation sites is 1. The van der Waals surface area contributed by atoms with Crippen molar-refractivity contribution in [2.45, 2.75) is 20.3 Å². The Labute approximate surface area is 142 Å². The molecule has 0 fully saturated rings. The van der Waals surface area contributed by atoms with E-state index in [1.807, 2.05) is 0 Å². The van der Waals surface area contributed by atoms with Crippen molar-refractivity contribution in [1.29, 1.82) is 0 Å². The molecule has 0 aliphatic carbocycles. The third-order valence-electron chi connectivity index (χ3n) is 3.24. The number of esters is 2. The van der Waals surface area contributed by atoms with Gasteiger partial charge >= 0.3 is 11.9 Å². The van der Waals surface area contributed by atoms with Gasteiger partial charge in [0.2, 0.25) is 0 Å². The molecule has 1 rings (SSSR count). The molecule has 7 nitrogen and oxygen atoms in total. The lowest BCUT2D eigenvalue weighted by Gasteiger charge is -2.26. The zero-order valence-corrected chi connectivity index (χ0v) is 14.7. The Morgan fingerprint density at radius 3 is 2.25 bits per heavy atom. The molecule has 0 unspecified atom stereocenters. The highest BCUT2D eigenvalue weighted by atomic mass is 16.5. The van der Waals surface area contributed by atoms with Crippen LogP contribution in [0.1, 0.15) is 20.3 Å². The van der Waals surface area contributed by atoms with Crippen LogP contribution in [0.25, 0.3) is 0 Å². The molecule has 0 aliphatic rings. The highest BCUT2D eigenvalue weighted by molar-refractivity contribution is 5.78. The standard InChI is InChI=1S/C17H25NO6/c1-5-23-15(19)10-11-18(12-16(20)24-6-2)13-8-7-9-14(21-3)17(13)22-4/h7-9H,5-6,10-12H2,1-4H3. The number of rotatable bonds is 10. The summed E-state index contributed by atoms with van der Waals surface area (Å²) in [6.07, 6.45) is 0.146. The number of methoxy groups -OCH3 is 2. The molecule has 7 heteroatoms. The SMILES string of the molecule is CCOC(=O)CCN(CC(=O)OCC)c1cccc(OC)c1OC. The fraction of sp³-hybridized carbons (Fsp3) is 0.529. The second-order valence-electron chi connectivity index (χ2n) is 4.79. The molecule has 0 aliphatic heterocycles. The Morgan fingerprint density at radius 2 is 1.67 bits per heavy atom. The van der Waals surface area contributed by atoms with Crippen molar-refractivity contribution in [2.75, 3.05) is 45.4 Å². The summed E-state index contributed by atoms with van der Waals surface area (Å²) in [5, 5.41) is 0. The summed E-state index contributed by atoms with van der Waals surface area (Å²) >= 11 is 0. The van der Waals surface area contributed by atoms with E-state index in [1.54, 1.807) is 36.9 Å². The van der Waals surface area contributed by atoms with Crippen LogP contribution in [-0.4, -0.2) is 52.5 Å². The predicted octanol–water partition coefficient (Wildman–Crippen LogP) is 2.03. The normalized spacial score (nSPS) is 10.0. The molecule has 0 saturated heterocycles. The first-order chi connectivity index (χ1) is 11.6. The number of benzene rings is 1. The maximum absolute atomic E-state index is 11.9. The fourth-order valence-corrected chi connectivity index (χ4v) is 2.23. The Morgan fingerprint density at radius 1 is 1.00 bits per heavy atom. The van der Waals surface area contributed by atoms with Crippen LogP contribution in [0.3, 0.4) is 0 Å². The topological polar surface area (TPSA) is 74.3 Å². The van der Waals surface area contributed by atoms with E-state index < -0.39 is 0 Å². The number of ether oxygens (including phenoxy) is 4. The molecule has 0 atom stereocenters. The fourth-order valence-electron chi connectivity index (χ4n) is 2.23. The van der Waals surface area contributed by atoms with Gasteiger partial charge in [-0.2, -0.15) is 0 Å². The molecule has 134 valence electrons. The molecule has 0 bridgehead atoms. The number of carbonyl (C=O) groups excluding carboxylic acids is 2. The lowest BCUT2D eigenvalue weighted by molar-refractivity contribution is -0.144. The van der Waals surface area contributed by atoms with Gasteiger partial charge in [-0.15, -0.1) is 0 Å². The molecule has 0 amide bonds. The Kier molecular flexibility index (Phi) is 8.46. The van der Waals surface area contributed by atoms with Crippen LogP contribution < -0.4 is 14.4 Å². The minimum absolute atomic E-state index is 0.00320. The number of anilines is 1. The molecule has 0 aromatic heterocycles. The molecule has 0 radical (unpaired) electrons. The minimum atomic E-state index is -0.383. The van der Waals surface area contributed by atoms with Crippen molar-refractivity contribution < 1.29 is 28.5 Å². The van der Waals surface area contributed by atoms with Crippen LogP contribution in [0.4, 0.5) is 5.69 Å². The molecule has 0 saturated carbocycles. The van der Waals surface area contributed by atoms with Gasteiger partial charge in [0.1, 0.15) is 6.54 Å². The van der Waals surface area contributed by atoms with Crippen LogP contribution in [-0.2, 0) is 19.1 Å². The number of carbonyl (C=O) groups is 2. The van der Waals surface area contributed by atoms with Crippen LogP contribution in [0.5, 0.6) is 11.5 Å². The molecule has 0 heterocycles. The summed E-state index contributed by atoms with van der Waals surface area (Å²) in [4.78, 5) is 25.3. The molecule has 0 spiro atoms. The summed E-state index contributed by atoms with van der Waals surface area (Å²) in [6.45, 7) is 4.39. The van der Waals surface area contributed by atoms with Crippen molar-refractivity contribution >= 4 is 17.6 Å². The second kappa shape index (κ2) is 10.4. The van der Waals surface area contributed by atoms with Crippen molar-refractivity contribution in [3.05, 3.63) is 18.2 Å². The summed E-state index contributed by atoms with van der Waals surface area (Å²) in [5.74, 6) is 0.326. The van der Waals surface area contributed by atoms with Crippen molar-refractivity contribution in [3.63, 3.8) is 0 Å². The monoisotopic (exact) mass is 339 g/mol. The lowest BCUT2D eigenvalue weighted by atomic mass is 10.2. The largest absolute Gasteiger partial charge is 0.493 e.